The predicted molar refractivity (Wildman–Crippen MR) is 71.1 cm³/mol. The fourth-order valence-electron chi connectivity index (χ4n) is 1.84. The summed E-state index contributed by atoms with van der Waals surface area (Å²) in [7, 11) is 3.68. The van der Waals surface area contributed by atoms with E-state index < -0.39 is 0 Å². The summed E-state index contributed by atoms with van der Waals surface area (Å²) in [5, 5.41) is 16.6. The van der Waals surface area contributed by atoms with Gasteiger partial charge in [0.15, 0.2) is 5.69 Å². The standard InChI is InChI=1S/C11H11BrN6O/c1-6-7(4-17(2)15-6)10-13-14-11(19-10)9-8(12)5-18(3)16-9/h4-5H,1-3H3. The number of hydrogen-bond acceptors (Lipinski definition) is 5. The highest BCUT2D eigenvalue weighted by atomic mass is 79.9. The summed E-state index contributed by atoms with van der Waals surface area (Å²) in [4.78, 5) is 0. The Kier molecular flexibility index (Phi) is 2.74. The summed E-state index contributed by atoms with van der Waals surface area (Å²) < 4.78 is 9.87. The van der Waals surface area contributed by atoms with Crippen LogP contribution in [-0.4, -0.2) is 29.8 Å². The van der Waals surface area contributed by atoms with Gasteiger partial charge in [0.1, 0.15) is 0 Å². The van der Waals surface area contributed by atoms with Crippen LogP contribution in [0.5, 0.6) is 0 Å². The fraction of sp³-hybridized carbons (Fsp3) is 0.273. The van der Waals surface area contributed by atoms with E-state index in [1.807, 2.05) is 33.4 Å². The summed E-state index contributed by atoms with van der Waals surface area (Å²) in [6, 6.07) is 0. The number of hydrogen-bond donors (Lipinski definition) is 0. The quantitative estimate of drug-likeness (QED) is 0.720. The van der Waals surface area contributed by atoms with Gasteiger partial charge in [-0.15, -0.1) is 10.2 Å². The van der Waals surface area contributed by atoms with Gasteiger partial charge < -0.3 is 4.42 Å². The molecule has 0 atom stereocenters. The minimum absolute atomic E-state index is 0.380. The average molecular weight is 323 g/mol. The van der Waals surface area contributed by atoms with Crippen LogP contribution in [0.3, 0.4) is 0 Å². The van der Waals surface area contributed by atoms with Crippen LogP contribution in [0.15, 0.2) is 21.3 Å². The number of halogens is 1. The van der Waals surface area contributed by atoms with Crippen LogP contribution < -0.4 is 0 Å². The maximum absolute atomic E-state index is 5.66. The third kappa shape index (κ3) is 2.07. The molecule has 3 heterocycles. The molecule has 0 radical (unpaired) electrons. The van der Waals surface area contributed by atoms with Gasteiger partial charge in [-0.1, -0.05) is 0 Å². The van der Waals surface area contributed by atoms with Crippen LogP contribution in [-0.2, 0) is 14.1 Å². The predicted octanol–water partition coefficient (Wildman–Crippen LogP) is 1.94. The van der Waals surface area contributed by atoms with E-state index in [0.29, 0.717) is 17.5 Å². The maximum atomic E-state index is 5.66. The van der Waals surface area contributed by atoms with Crippen molar-refractivity contribution in [3.63, 3.8) is 0 Å². The zero-order chi connectivity index (χ0) is 13.6. The zero-order valence-electron chi connectivity index (χ0n) is 10.6. The van der Waals surface area contributed by atoms with Gasteiger partial charge in [-0.3, -0.25) is 9.36 Å². The highest BCUT2D eigenvalue weighted by molar-refractivity contribution is 9.10. The summed E-state index contributed by atoms with van der Waals surface area (Å²) in [6.45, 7) is 1.90. The number of rotatable bonds is 2. The lowest BCUT2D eigenvalue weighted by Gasteiger charge is -1.90. The Hall–Kier alpha value is -1.96. The Balaban J connectivity index is 2.04. The largest absolute Gasteiger partial charge is 0.414 e. The monoisotopic (exact) mass is 322 g/mol. The second-order valence-electron chi connectivity index (χ2n) is 4.21. The van der Waals surface area contributed by atoms with E-state index >= 15 is 0 Å². The van der Waals surface area contributed by atoms with Gasteiger partial charge in [-0.05, 0) is 22.9 Å². The van der Waals surface area contributed by atoms with Gasteiger partial charge >= 0.3 is 0 Å². The molecule has 0 bridgehead atoms. The van der Waals surface area contributed by atoms with E-state index in [1.165, 1.54) is 0 Å². The van der Waals surface area contributed by atoms with Crippen LogP contribution in [0, 0.1) is 6.92 Å². The molecule has 98 valence electrons. The molecule has 3 rings (SSSR count). The first-order valence-electron chi connectivity index (χ1n) is 5.58. The fourth-order valence-corrected chi connectivity index (χ4v) is 2.39. The van der Waals surface area contributed by atoms with Crippen LogP contribution in [0.1, 0.15) is 5.69 Å². The van der Waals surface area contributed by atoms with Crippen molar-refractivity contribution < 1.29 is 4.42 Å². The summed E-state index contributed by atoms with van der Waals surface area (Å²) in [6.07, 6.45) is 3.68. The van der Waals surface area contributed by atoms with Crippen molar-refractivity contribution in [1.82, 2.24) is 29.8 Å². The third-order valence-corrected chi connectivity index (χ3v) is 3.24. The van der Waals surface area contributed by atoms with Crippen LogP contribution in [0.2, 0.25) is 0 Å². The van der Waals surface area contributed by atoms with E-state index in [2.05, 4.69) is 36.3 Å². The first kappa shape index (κ1) is 12.1. The lowest BCUT2D eigenvalue weighted by molar-refractivity contribution is 0.579. The minimum atomic E-state index is 0.380. The minimum Gasteiger partial charge on any atom is -0.414 e. The summed E-state index contributed by atoms with van der Waals surface area (Å²) in [5.41, 5.74) is 2.30. The first-order valence-corrected chi connectivity index (χ1v) is 6.37. The molecule has 8 heteroatoms. The van der Waals surface area contributed by atoms with Crippen LogP contribution in [0.25, 0.3) is 23.0 Å². The molecule has 3 aromatic heterocycles. The molecule has 0 aliphatic rings. The normalized spacial score (nSPS) is 11.2. The molecule has 0 saturated heterocycles. The topological polar surface area (TPSA) is 74.6 Å². The van der Waals surface area contributed by atoms with Crippen molar-refractivity contribution in [1.29, 1.82) is 0 Å². The molecular weight excluding hydrogens is 312 g/mol. The van der Waals surface area contributed by atoms with Crippen molar-refractivity contribution in [2.24, 2.45) is 14.1 Å². The Bertz CT molecular complexity index is 680. The number of aryl methyl sites for hydroxylation is 3. The van der Waals surface area contributed by atoms with Crippen molar-refractivity contribution in [3.05, 3.63) is 22.6 Å². The molecular formula is C11H11BrN6O. The lowest BCUT2D eigenvalue weighted by Crippen LogP contribution is -1.87. The zero-order valence-corrected chi connectivity index (χ0v) is 12.2. The van der Waals surface area contributed by atoms with E-state index in [9.17, 15) is 0 Å². The van der Waals surface area contributed by atoms with Gasteiger partial charge in [0, 0.05) is 26.5 Å². The van der Waals surface area contributed by atoms with Gasteiger partial charge in [0.05, 0.1) is 15.7 Å². The van der Waals surface area contributed by atoms with E-state index in [0.717, 1.165) is 15.7 Å². The van der Waals surface area contributed by atoms with Gasteiger partial charge in [0.2, 0.25) is 0 Å². The van der Waals surface area contributed by atoms with Gasteiger partial charge in [-0.2, -0.15) is 10.2 Å². The Morgan fingerprint density at radius 2 is 1.74 bits per heavy atom. The van der Waals surface area contributed by atoms with Crippen molar-refractivity contribution >= 4 is 15.9 Å². The highest BCUT2D eigenvalue weighted by Gasteiger charge is 2.18. The Morgan fingerprint density at radius 3 is 2.32 bits per heavy atom. The SMILES string of the molecule is Cc1nn(C)cc1-c1nnc(-c2nn(C)cc2Br)o1. The lowest BCUT2D eigenvalue weighted by atomic mass is 10.3. The molecule has 0 N–H and O–H groups in total. The van der Waals surface area contributed by atoms with E-state index in [1.54, 1.807) is 9.36 Å². The molecule has 0 amide bonds. The van der Waals surface area contributed by atoms with Gasteiger partial charge in [0.25, 0.3) is 11.8 Å². The highest BCUT2D eigenvalue weighted by Crippen LogP contribution is 2.28. The molecule has 3 aromatic rings. The summed E-state index contributed by atoms with van der Waals surface area (Å²) in [5.74, 6) is 0.823. The van der Waals surface area contributed by atoms with Gasteiger partial charge in [-0.25, -0.2) is 0 Å². The summed E-state index contributed by atoms with van der Waals surface area (Å²) >= 11 is 3.41. The molecule has 0 aromatic carbocycles. The molecule has 7 nitrogen and oxygen atoms in total. The van der Waals surface area contributed by atoms with Crippen molar-refractivity contribution in [3.8, 4) is 23.0 Å². The molecule has 0 unspecified atom stereocenters. The van der Waals surface area contributed by atoms with E-state index in [4.69, 9.17) is 4.42 Å². The van der Waals surface area contributed by atoms with Crippen molar-refractivity contribution in [2.75, 3.05) is 0 Å². The molecule has 0 saturated carbocycles. The first-order chi connectivity index (χ1) is 9.04. The molecule has 19 heavy (non-hydrogen) atoms. The number of nitrogens with zero attached hydrogens (tertiary/aromatic N) is 6. The van der Waals surface area contributed by atoms with Crippen LogP contribution in [0.4, 0.5) is 0 Å². The second kappa shape index (κ2) is 4.30. The Labute approximate surface area is 117 Å². The van der Waals surface area contributed by atoms with Crippen molar-refractivity contribution in [2.45, 2.75) is 6.92 Å². The van der Waals surface area contributed by atoms with E-state index in [-0.39, 0.29) is 0 Å². The molecule has 0 aliphatic carbocycles. The average Bonchev–Trinajstić information content (AvgIpc) is 2.99. The molecule has 0 spiro atoms. The molecule has 0 fully saturated rings. The Morgan fingerprint density at radius 1 is 1.05 bits per heavy atom. The molecule has 0 aliphatic heterocycles. The van der Waals surface area contributed by atoms with Crippen LogP contribution >= 0.6 is 15.9 Å². The third-order valence-electron chi connectivity index (χ3n) is 2.66. The smallest absolute Gasteiger partial charge is 0.269 e. The second-order valence-corrected chi connectivity index (χ2v) is 5.07. The number of aromatic nitrogens is 6. The maximum Gasteiger partial charge on any atom is 0.269 e.